The molecule has 0 fully saturated rings. The molecule has 0 heterocycles. The minimum absolute atomic E-state index is 0.158. The maximum atomic E-state index is 12.6. The Hall–Kier alpha value is -1.16. The summed E-state index contributed by atoms with van der Waals surface area (Å²) in [6.07, 6.45) is -1.25. The molecular formula is C9H10F2O2. The zero-order valence-corrected chi connectivity index (χ0v) is 7.13. The van der Waals surface area contributed by atoms with E-state index in [0.717, 1.165) is 12.1 Å². The predicted molar refractivity (Wildman–Crippen MR) is 43.9 cm³/mol. The number of alkyl halides is 1. The lowest BCUT2D eigenvalue weighted by Gasteiger charge is -2.11. The van der Waals surface area contributed by atoms with E-state index in [2.05, 4.69) is 0 Å². The van der Waals surface area contributed by atoms with E-state index in [1.54, 1.807) is 0 Å². The van der Waals surface area contributed by atoms with Crippen LogP contribution in [0.3, 0.4) is 0 Å². The molecule has 1 atom stereocenters. The number of rotatable bonds is 3. The van der Waals surface area contributed by atoms with Gasteiger partial charge in [0.05, 0.1) is 7.11 Å². The first kappa shape index (κ1) is 9.92. The van der Waals surface area contributed by atoms with E-state index in [4.69, 9.17) is 9.84 Å². The summed E-state index contributed by atoms with van der Waals surface area (Å²) in [6.45, 7) is -0.915. The quantitative estimate of drug-likeness (QED) is 0.784. The number of ether oxygens (including phenoxy) is 1. The SMILES string of the molecule is COc1cc(F)ccc1C(O)CF. The van der Waals surface area contributed by atoms with Crippen molar-refractivity contribution in [1.29, 1.82) is 0 Å². The van der Waals surface area contributed by atoms with E-state index in [-0.39, 0.29) is 11.3 Å². The number of aliphatic hydroxyl groups excluding tert-OH is 1. The Labute approximate surface area is 74.8 Å². The van der Waals surface area contributed by atoms with Crippen molar-refractivity contribution >= 4 is 0 Å². The predicted octanol–water partition coefficient (Wildman–Crippen LogP) is 1.84. The summed E-state index contributed by atoms with van der Waals surface area (Å²) in [5, 5.41) is 9.15. The molecule has 0 aromatic heterocycles. The second kappa shape index (κ2) is 4.18. The Morgan fingerprint density at radius 2 is 2.23 bits per heavy atom. The molecule has 1 rings (SSSR count). The van der Waals surface area contributed by atoms with Crippen LogP contribution in [0.25, 0.3) is 0 Å². The van der Waals surface area contributed by atoms with Gasteiger partial charge in [0.1, 0.15) is 24.3 Å². The zero-order valence-electron chi connectivity index (χ0n) is 7.13. The second-order valence-corrected chi connectivity index (χ2v) is 2.56. The highest BCUT2D eigenvalue weighted by molar-refractivity contribution is 5.35. The number of hydrogen-bond donors (Lipinski definition) is 1. The number of aliphatic hydroxyl groups is 1. The largest absolute Gasteiger partial charge is 0.496 e. The van der Waals surface area contributed by atoms with Crippen molar-refractivity contribution in [2.75, 3.05) is 13.8 Å². The molecule has 1 aromatic carbocycles. The molecule has 1 aromatic rings. The van der Waals surface area contributed by atoms with Gasteiger partial charge in [0.15, 0.2) is 0 Å². The highest BCUT2D eigenvalue weighted by atomic mass is 19.1. The van der Waals surface area contributed by atoms with Crippen LogP contribution in [-0.4, -0.2) is 18.9 Å². The number of halogens is 2. The smallest absolute Gasteiger partial charge is 0.127 e. The third-order valence-corrected chi connectivity index (χ3v) is 1.70. The van der Waals surface area contributed by atoms with Gasteiger partial charge in [0, 0.05) is 11.6 Å². The van der Waals surface area contributed by atoms with Crippen molar-refractivity contribution in [3.63, 3.8) is 0 Å². The topological polar surface area (TPSA) is 29.5 Å². The fraction of sp³-hybridized carbons (Fsp3) is 0.333. The van der Waals surface area contributed by atoms with Crippen molar-refractivity contribution in [3.8, 4) is 5.75 Å². The number of methoxy groups -OCH3 is 1. The monoisotopic (exact) mass is 188 g/mol. The molecule has 0 spiro atoms. The van der Waals surface area contributed by atoms with E-state index in [1.807, 2.05) is 0 Å². The Bertz CT molecular complexity index is 289. The van der Waals surface area contributed by atoms with Gasteiger partial charge in [-0.25, -0.2) is 8.78 Å². The maximum Gasteiger partial charge on any atom is 0.127 e. The van der Waals surface area contributed by atoms with Gasteiger partial charge in [-0.1, -0.05) is 0 Å². The molecule has 0 amide bonds. The lowest BCUT2D eigenvalue weighted by Crippen LogP contribution is -2.02. The summed E-state index contributed by atoms with van der Waals surface area (Å²) in [5.41, 5.74) is 0.256. The molecular weight excluding hydrogens is 178 g/mol. The van der Waals surface area contributed by atoms with Crippen molar-refractivity contribution in [2.45, 2.75) is 6.10 Å². The third kappa shape index (κ3) is 2.15. The van der Waals surface area contributed by atoms with Gasteiger partial charge in [-0.15, -0.1) is 0 Å². The Kier molecular flexibility index (Phi) is 3.19. The summed E-state index contributed by atoms with van der Waals surface area (Å²) in [4.78, 5) is 0. The number of hydrogen-bond acceptors (Lipinski definition) is 2. The first-order valence-corrected chi connectivity index (χ1v) is 3.76. The molecule has 0 bridgehead atoms. The van der Waals surface area contributed by atoms with E-state index >= 15 is 0 Å². The molecule has 72 valence electrons. The molecule has 13 heavy (non-hydrogen) atoms. The average molecular weight is 188 g/mol. The van der Waals surface area contributed by atoms with Crippen LogP contribution in [0.15, 0.2) is 18.2 Å². The van der Waals surface area contributed by atoms with E-state index in [0.29, 0.717) is 0 Å². The summed E-state index contributed by atoms with van der Waals surface area (Å²) in [7, 11) is 1.34. The molecule has 4 heteroatoms. The highest BCUT2D eigenvalue weighted by Gasteiger charge is 2.13. The normalized spacial score (nSPS) is 12.6. The number of benzene rings is 1. The molecule has 2 nitrogen and oxygen atoms in total. The summed E-state index contributed by atoms with van der Waals surface area (Å²) < 4.78 is 29.5. The van der Waals surface area contributed by atoms with Crippen molar-refractivity contribution in [2.24, 2.45) is 0 Å². The minimum Gasteiger partial charge on any atom is -0.496 e. The van der Waals surface area contributed by atoms with E-state index in [9.17, 15) is 8.78 Å². The fourth-order valence-electron chi connectivity index (χ4n) is 1.04. The molecule has 0 aliphatic rings. The maximum absolute atomic E-state index is 12.6. The third-order valence-electron chi connectivity index (χ3n) is 1.70. The van der Waals surface area contributed by atoms with Crippen molar-refractivity contribution < 1.29 is 18.6 Å². The van der Waals surface area contributed by atoms with Crippen LogP contribution in [0, 0.1) is 5.82 Å². The van der Waals surface area contributed by atoms with Gasteiger partial charge in [0.25, 0.3) is 0 Å². The van der Waals surface area contributed by atoms with Crippen LogP contribution in [0.4, 0.5) is 8.78 Å². The van der Waals surface area contributed by atoms with Crippen LogP contribution >= 0.6 is 0 Å². The average Bonchev–Trinajstić information content (AvgIpc) is 2.16. The molecule has 0 saturated carbocycles. The summed E-state index contributed by atoms with van der Waals surface area (Å²) in [6, 6.07) is 3.56. The van der Waals surface area contributed by atoms with Gasteiger partial charge in [-0.3, -0.25) is 0 Å². The zero-order chi connectivity index (χ0) is 9.84. The summed E-state index contributed by atoms with van der Waals surface area (Å²) in [5.74, 6) is -0.322. The molecule has 0 aliphatic carbocycles. The standard InChI is InChI=1S/C9H10F2O2/c1-13-9-4-6(11)2-3-7(9)8(12)5-10/h2-4,8,12H,5H2,1H3. The van der Waals surface area contributed by atoms with Gasteiger partial charge in [0.2, 0.25) is 0 Å². The Morgan fingerprint density at radius 1 is 1.54 bits per heavy atom. The Morgan fingerprint density at radius 3 is 2.77 bits per heavy atom. The van der Waals surface area contributed by atoms with E-state index in [1.165, 1.54) is 13.2 Å². The van der Waals surface area contributed by atoms with Crippen molar-refractivity contribution in [3.05, 3.63) is 29.6 Å². The second-order valence-electron chi connectivity index (χ2n) is 2.56. The van der Waals surface area contributed by atoms with Crippen LogP contribution in [0.2, 0.25) is 0 Å². The molecule has 1 N–H and O–H groups in total. The first-order valence-electron chi connectivity index (χ1n) is 3.76. The molecule has 0 aliphatic heterocycles. The Balaban J connectivity index is 3.05. The van der Waals surface area contributed by atoms with Gasteiger partial charge < -0.3 is 9.84 Å². The first-order chi connectivity index (χ1) is 6.19. The van der Waals surface area contributed by atoms with Crippen LogP contribution in [-0.2, 0) is 0 Å². The lowest BCUT2D eigenvalue weighted by molar-refractivity contribution is 0.138. The van der Waals surface area contributed by atoms with Crippen LogP contribution in [0.5, 0.6) is 5.75 Å². The minimum atomic E-state index is -1.25. The van der Waals surface area contributed by atoms with Gasteiger partial charge in [-0.05, 0) is 12.1 Å². The fourth-order valence-corrected chi connectivity index (χ4v) is 1.04. The van der Waals surface area contributed by atoms with E-state index < -0.39 is 18.6 Å². The van der Waals surface area contributed by atoms with Gasteiger partial charge in [-0.2, -0.15) is 0 Å². The lowest BCUT2D eigenvalue weighted by atomic mass is 10.1. The molecule has 0 radical (unpaired) electrons. The molecule has 1 unspecified atom stereocenters. The van der Waals surface area contributed by atoms with Crippen LogP contribution in [0.1, 0.15) is 11.7 Å². The van der Waals surface area contributed by atoms with Gasteiger partial charge >= 0.3 is 0 Å². The highest BCUT2D eigenvalue weighted by Crippen LogP contribution is 2.25. The van der Waals surface area contributed by atoms with Crippen molar-refractivity contribution in [1.82, 2.24) is 0 Å². The summed E-state index contributed by atoms with van der Waals surface area (Å²) >= 11 is 0. The molecule has 0 saturated heterocycles. The van der Waals surface area contributed by atoms with Crippen LogP contribution < -0.4 is 4.74 Å².